The van der Waals surface area contributed by atoms with Crippen LogP contribution in [-0.4, -0.2) is 27.1 Å². The van der Waals surface area contributed by atoms with Gasteiger partial charge in [-0.2, -0.15) is 5.26 Å². The van der Waals surface area contributed by atoms with Gasteiger partial charge in [0.25, 0.3) is 0 Å². The van der Waals surface area contributed by atoms with Crippen molar-refractivity contribution in [2.45, 2.75) is 57.0 Å². The van der Waals surface area contributed by atoms with E-state index in [1.807, 2.05) is 41.7 Å². The normalized spacial score (nSPS) is 19.3. The first-order valence-electron chi connectivity index (χ1n) is 10.4. The van der Waals surface area contributed by atoms with Crippen molar-refractivity contribution in [2.75, 3.05) is 5.75 Å². The Balaban J connectivity index is 1.64. The lowest BCUT2D eigenvalue weighted by molar-refractivity contribution is -0.119. The third-order valence-corrected chi connectivity index (χ3v) is 6.93. The van der Waals surface area contributed by atoms with Crippen LogP contribution in [0.4, 0.5) is 0 Å². The molecular weight excluding hydrogens is 380 g/mol. The zero-order valence-electron chi connectivity index (χ0n) is 16.9. The Bertz CT molecular complexity index is 1100. The van der Waals surface area contributed by atoms with E-state index in [9.17, 15) is 10.1 Å². The summed E-state index contributed by atoms with van der Waals surface area (Å²) in [6, 6.07) is 12.6. The first-order valence-corrected chi connectivity index (χ1v) is 11.4. The number of carbonyl (C=O) groups is 1. The molecule has 4 rings (SSSR count). The minimum Gasteiger partial charge on any atom is -0.352 e. The number of imidazole rings is 1. The van der Waals surface area contributed by atoms with Crippen LogP contribution in [0.1, 0.15) is 50.7 Å². The number of aryl methyl sites for hydroxylation is 1. The highest BCUT2D eigenvalue weighted by Crippen LogP contribution is 2.30. The molecule has 150 valence electrons. The summed E-state index contributed by atoms with van der Waals surface area (Å²) >= 11 is 1.52. The standard InChI is InChI=1S/C23H26N4OS/c1-3-16-12-22(29-14-21(28)25-18-9-5-4-8-15(18)2)27-20-11-7-6-10-19(20)26-23(27)17(16)13-24/h6-7,10-12,15,18H,3-5,8-9,14H2,1-2H3,(H,25,28)/t15-,18-/m1/s1. The van der Waals surface area contributed by atoms with Crippen molar-refractivity contribution in [3.63, 3.8) is 0 Å². The summed E-state index contributed by atoms with van der Waals surface area (Å²) in [7, 11) is 0. The van der Waals surface area contributed by atoms with Crippen molar-refractivity contribution in [3.05, 3.63) is 41.5 Å². The van der Waals surface area contributed by atoms with Gasteiger partial charge in [-0.25, -0.2) is 4.98 Å². The van der Waals surface area contributed by atoms with E-state index >= 15 is 0 Å². The molecule has 1 aliphatic carbocycles. The predicted octanol–water partition coefficient (Wildman–Crippen LogP) is 4.71. The second-order valence-corrected chi connectivity index (χ2v) is 8.83. The van der Waals surface area contributed by atoms with Crippen LogP contribution >= 0.6 is 11.8 Å². The summed E-state index contributed by atoms with van der Waals surface area (Å²) < 4.78 is 2.02. The van der Waals surface area contributed by atoms with Crippen molar-refractivity contribution in [2.24, 2.45) is 5.92 Å². The molecule has 0 bridgehead atoms. The van der Waals surface area contributed by atoms with Crippen LogP contribution in [-0.2, 0) is 11.2 Å². The van der Waals surface area contributed by atoms with E-state index in [1.165, 1.54) is 31.0 Å². The molecule has 29 heavy (non-hydrogen) atoms. The number of nitrogens with one attached hydrogen (secondary N) is 1. The highest BCUT2D eigenvalue weighted by molar-refractivity contribution is 7.99. The van der Waals surface area contributed by atoms with Crippen LogP contribution in [0.25, 0.3) is 16.7 Å². The Labute approximate surface area is 175 Å². The van der Waals surface area contributed by atoms with Crippen LogP contribution in [0.3, 0.4) is 0 Å². The summed E-state index contributed by atoms with van der Waals surface area (Å²) in [5, 5.41) is 13.9. The Morgan fingerprint density at radius 1 is 1.34 bits per heavy atom. The summed E-state index contributed by atoms with van der Waals surface area (Å²) in [4.78, 5) is 17.3. The highest BCUT2D eigenvalue weighted by Gasteiger charge is 2.23. The Kier molecular flexibility index (Phi) is 5.77. The largest absolute Gasteiger partial charge is 0.352 e. The number of nitriles is 1. The van der Waals surface area contributed by atoms with Gasteiger partial charge in [0.2, 0.25) is 5.91 Å². The van der Waals surface area contributed by atoms with Crippen molar-refractivity contribution in [1.29, 1.82) is 5.26 Å². The van der Waals surface area contributed by atoms with Gasteiger partial charge < -0.3 is 5.32 Å². The van der Waals surface area contributed by atoms with Crippen LogP contribution in [0.15, 0.2) is 35.4 Å². The molecule has 1 aliphatic rings. The fourth-order valence-electron chi connectivity index (χ4n) is 4.27. The molecule has 2 heterocycles. The topological polar surface area (TPSA) is 70.2 Å². The molecule has 1 amide bonds. The van der Waals surface area contributed by atoms with E-state index in [-0.39, 0.29) is 11.9 Å². The number of carbonyl (C=O) groups excluding carboxylic acids is 1. The molecule has 6 heteroatoms. The van der Waals surface area contributed by atoms with Gasteiger partial charge >= 0.3 is 0 Å². The number of pyridine rings is 1. The Morgan fingerprint density at radius 3 is 2.90 bits per heavy atom. The molecule has 0 radical (unpaired) electrons. The fourth-order valence-corrected chi connectivity index (χ4v) is 5.17. The zero-order valence-corrected chi connectivity index (χ0v) is 17.8. The predicted molar refractivity (Wildman–Crippen MR) is 117 cm³/mol. The van der Waals surface area contributed by atoms with Crippen molar-refractivity contribution in [3.8, 4) is 6.07 Å². The molecule has 1 fully saturated rings. The first kappa shape index (κ1) is 19.8. The van der Waals surface area contributed by atoms with Gasteiger partial charge in [-0.15, -0.1) is 0 Å². The first-order chi connectivity index (χ1) is 14.1. The van der Waals surface area contributed by atoms with E-state index < -0.39 is 0 Å². The Hall–Kier alpha value is -2.52. The van der Waals surface area contributed by atoms with E-state index in [2.05, 4.69) is 18.3 Å². The lowest BCUT2D eigenvalue weighted by Gasteiger charge is -2.29. The number of nitrogens with zero attached hydrogens (tertiary/aromatic N) is 3. The number of thioether (sulfide) groups is 1. The second-order valence-electron chi connectivity index (χ2n) is 7.83. The average Bonchev–Trinajstić information content (AvgIpc) is 3.12. The maximum atomic E-state index is 12.6. The third kappa shape index (κ3) is 3.84. The number of benzene rings is 1. The van der Waals surface area contributed by atoms with Crippen LogP contribution in [0, 0.1) is 17.2 Å². The number of hydrogen-bond acceptors (Lipinski definition) is 4. The molecule has 1 aromatic carbocycles. The minimum atomic E-state index is 0.0775. The molecule has 5 nitrogen and oxygen atoms in total. The van der Waals surface area contributed by atoms with E-state index in [4.69, 9.17) is 4.98 Å². The molecule has 2 atom stereocenters. The fraction of sp³-hybridized carbons (Fsp3) is 0.435. The minimum absolute atomic E-state index is 0.0775. The van der Waals surface area contributed by atoms with Gasteiger partial charge in [0.05, 0.1) is 27.4 Å². The molecule has 2 aromatic heterocycles. The summed E-state index contributed by atoms with van der Waals surface area (Å²) in [5.41, 5.74) is 4.09. The summed E-state index contributed by atoms with van der Waals surface area (Å²) in [5.74, 6) is 0.984. The van der Waals surface area contributed by atoms with Gasteiger partial charge in [0.15, 0.2) is 5.65 Å². The number of fused-ring (bicyclic) bond motifs is 3. The summed E-state index contributed by atoms with van der Waals surface area (Å²) in [6.07, 6.45) is 5.47. The van der Waals surface area contributed by atoms with Gasteiger partial charge in [0, 0.05) is 6.04 Å². The molecular formula is C23H26N4OS. The van der Waals surface area contributed by atoms with Crippen molar-refractivity contribution >= 4 is 34.3 Å². The van der Waals surface area contributed by atoms with E-state index in [0.29, 0.717) is 22.9 Å². The van der Waals surface area contributed by atoms with Crippen LogP contribution < -0.4 is 5.32 Å². The lowest BCUT2D eigenvalue weighted by Crippen LogP contribution is -2.41. The molecule has 0 spiro atoms. The molecule has 0 saturated heterocycles. The molecule has 0 unspecified atom stereocenters. The summed E-state index contributed by atoms with van der Waals surface area (Å²) in [6.45, 7) is 4.27. The maximum Gasteiger partial charge on any atom is 0.230 e. The van der Waals surface area contributed by atoms with Gasteiger partial charge in [-0.05, 0) is 48.9 Å². The smallest absolute Gasteiger partial charge is 0.230 e. The highest BCUT2D eigenvalue weighted by atomic mass is 32.2. The number of para-hydroxylation sites is 2. The lowest BCUT2D eigenvalue weighted by atomic mass is 9.86. The molecule has 1 saturated carbocycles. The van der Waals surface area contributed by atoms with E-state index in [1.54, 1.807) is 0 Å². The number of hydrogen-bond donors (Lipinski definition) is 1. The number of aromatic nitrogens is 2. The third-order valence-electron chi connectivity index (χ3n) is 5.93. The van der Waals surface area contributed by atoms with Crippen molar-refractivity contribution in [1.82, 2.24) is 14.7 Å². The van der Waals surface area contributed by atoms with Gasteiger partial charge in [-0.1, -0.05) is 50.6 Å². The maximum absolute atomic E-state index is 12.6. The van der Waals surface area contributed by atoms with Crippen molar-refractivity contribution < 1.29 is 4.79 Å². The second kappa shape index (κ2) is 8.46. The number of rotatable bonds is 5. The van der Waals surface area contributed by atoms with Gasteiger partial charge in [0.1, 0.15) is 6.07 Å². The van der Waals surface area contributed by atoms with Gasteiger partial charge in [-0.3, -0.25) is 9.20 Å². The number of amides is 1. The van der Waals surface area contributed by atoms with Crippen LogP contribution in [0.2, 0.25) is 0 Å². The van der Waals surface area contributed by atoms with Crippen LogP contribution in [0.5, 0.6) is 0 Å². The SMILES string of the molecule is CCc1cc(SCC(=O)N[C@@H]2CCCC[C@H]2C)n2c(nc3ccccc32)c1C#N. The zero-order chi connectivity index (χ0) is 20.4. The Morgan fingerprint density at radius 2 is 2.14 bits per heavy atom. The molecule has 0 aliphatic heterocycles. The molecule has 3 aromatic rings. The molecule has 1 N–H and O–H groups in total. The average molecular weight is 407 g/mol. The quantitative estimate of drug-likeness (QED) is 0.623. The van der Waals surface area contributed by atoms with E-state index in [0.717, 1.165) is 34.5 Å². The monoisotopic (exact) mass is 406 g/mol.